The van der Waals surface area contributed by atoms with Gasteiger partial charge in [0.05, 0.1) is 6.54 Å². The number of nitrogens with zero attached hydrogens (tertiary/aromatic N) is 1. The molecular formula is C12H22FNO3. The quantitative estimate of drug-likeness (QED) is 0.811. The van der Waals surface area contributed by atoms with Gasteiger partial charge in [-0.3, -0.25) is 0 Å². The van der Waals surface area contributed by atoms with E-state index < -0.39 is 17.9 Å². The lowest BCUT2D eigenvalue weighted by atomic mass is 9.92. The largest absolute Gasteiger partial charge is 0.444 e. The number of hydrogen-bond acceptors (Lipinski definition) is 3. The Labute approximate surface area is 102 Å². The van der Waals surface area contributed by atoms with Crippen molar-refractivity contribution in [3.8, 4) is 0 Å². The Hall–Kier alpha value is -0.840. The van der Waals surface area contributed by atoms with E-state index in [-0.39, 0.29) is 19.1 Å². The SMILES string of the molecule is CC(C)(C)OC(=O)N1CC[C@H](CCO)[C@@H](F)C1. The van der Waals surface area contributed by atoms with Gasteiger partial charge in [-0.15, -0.1) is 0 Å². The van der Waals surface area contributed by atoms with Crippen molar-refractivity contribution in [3.63, 3.8) is 0 Å². The van der Waals surface area contributed by atoms with Crippen molar-refractivity contribution in [3.05, 3.63) is 0 Å². The molecule has 0 aromatic heterocycles. The van der Waals surface area contributed by atoms with Gasteiger partial charge in [-0.2, -0.15) is 0 Å². The molecule has 1 fully saturated rings. The molecule has 1 N–H and O–H groups in total. The summed E-state index contributed by atoms with van der Waals surface area (Å²) < 4.78 is 18.9. The highest BCUT2D eigenvalue weighted by Crippen LogP contribution is 2.24. The van der Waals surface area contributed by atoms with Gasteiger partial charge in [-0.05, 0) is 39.5 Å². The number of carbonyl (C=O) groups is 1. The summed E-state index contributed by atoms with van der Waals surface area (Å²) in [7, 11) is 0. The van der Waals surface area contributed by atoms with Gasteiger partial charge in [0.25, 0.3) is 0 Å². The number of ether oxygens (including phenoxy) is 1. The lowest BCUT2D eigenvalue weighted by molar-refractivity contribution is 0.00325. The normalized spacial score (nSPS) is 25.8. The minimum atomic E-state index is -1.07. The first-order valence-electron chi connectivity index (χ1n) is 6.06. The zero-order valence-corrected chi connectivity index (χ0v) is 10.8. The van der Waals surface area contributed by atoms with Crippen molar-refractivity contribution in [1.29, 1.82) is 0 Å². The predicted molar refractivity (Wildman–Crippen MR) is 62.5 cm³/mol. The Morgan fingerprint density at radius 3 is 2.65 bits per heavy atom. The molecule has 0 aromatic carbocycles. The maximum Gasteiger partial charge on any atom is 0.410 e. The fourth-order valence-corrected chi connectivity index (χ4v) is 1.94. The second-order valence-electron chi connectivity index (χ2n) is 5.50. The van der Waals surface area contributed by atoms with Crippen LogP contribution in [0, 0.1) is 5.92 Å². The molecule has 0 aliphatic carbocycles. The summed E-state index contributed by atoms with van der Waals surface area (Å²) in [6.45, 7) is 5.93. The summed E-state index contributed by atoms with van der Waals surface area (Å²) in [5.74, 6) is -0.140. The van der Waals surface area contributed by atoms with Crippen LogP contribution < -0.4 is 0 Å². The van der Waals surface area contributed by atoms with E-state index >= 15 is 0 Å². The van der Waals surface area contributed by atoms with Crippen LogP contribution in [0.5, 0.6) is 0 Å². The first-order valence-corrected chi connectivity index (χ1v) is 6.06. The third-order valence-corrected chi connectivity index (χ3v) is 2.83. The molecule has 4 nitrogen and oxygen atoms in total. The van der Waals surface area contributed by atoms with Gasteiger partial charge in [-0.25, -0.2) is 9.18 Å². The molecule has 1 aliphatic rings. The smallest absolute Gasteiger partial charge is 0.410 e. The number of likely N-dealkylation sites (tertiary alicyclic amines) is 1. The summed E-state index contributed by atoms with van der Waals surface area (Å²) >= 11 is 0. The van der Waals surface area contributed by atoms with Crippen LogP contribution >= 0.6 is 0 Å². The Kier molecular flexibility index (Phi) is 4.74. The van der Waals surface area contributed by atoms with E-state index in [1.165, 1.54) is 4.90 Å². The van der Waals surface area contributed by atoms with Crippen LogP contribution in [0.1, 0.15) is 33.6 Å². The molecule has 0 bridgehead atoms. The summed E-state index contributed by atoms with van der Waals surface area (Å²) in [5, 5.41) is 8.79. The number of carbonyl (C=O) groups excluding carboxylic acids is 1. The Balaban J connectivity index is 2.46. The second kappa shape index (κ2) is 5.67. The highest BCUT2D eigenvalue weighted by atomic mass is 19.1. The third-order valence-electron chi connectivity index (χ3n) is 2.83. The summed E-state index contributed by atoms with van der Waals surface area (Å²) in [6.07, 6.45) is -0.476. The lowest BCUT2D eigenvalue weighted by Crippen LogP contribution is -2.47. The number of hydrogen-bond donors (Lipinski definition) is 1. The first-order chi connectivity index (χ1) is 7.83. The van der Waals surface area contributed by atoms with E-state index in [2.05, 4.69) is 0 Å². The molecule has 1 rings (SSSR count). The highest BCUT2D eigenvalue weighted by molar-refractivity contribution is 5.68. The van der Waals surface area contributed by atoms with Crippen LogP contribution in [0.2, 0.25) is 0 Å². The number of halogens is 1. The average Bonchev–Trinajstić information content (AvgIpc) is 2.18. The summed E-state index contributed by atoms with van der Waals surface area (Å²) in [5.41, 5.74) is -0.551. The molecule has 0 spiro atoms. The fraction of sp³-hybridized carbons (Fsp3) is 0.917. The fourth-order valence-electron chi connectivity index (χ4n) is 1.94. The van der Waals surface area contributed by atoms with E-state index in [1.807, 2.05) is 0 Å². The third kappa shape index (κ3) is 4.50. The van der Waals surface area contributed by atoms with Crippen molar-refractivity contribution in [2.45, 2.75) is 45.4 Å². The molecule has 1 heterocycles. The van der Waals surface area contributed by atoms with Gasteiger partial charge in [0.15, 0.2) is 0 Å². The van der Waals surface area contributed by atoms with Gasteiger partial charge in [-0.1, -0.05) is 0 Å². The number of aliphatic hydroxyl groups excluding tert-OH is 1. The van der Waals surface area contributed by atoms with Crippen LogP contribution in [-0.2, 0) is 4.74 Å². The van der Waals surface area contributed by atoms with E-state index in [4.69, 9.17) is 9.84 Å². The summed E-state index contributed by atoms with van der Waals surface area (Å²) in [4.78, 5) is 13.1. The number of alkyl halides is 1. The molecule has 17 heavy (non-hydrogen) atoms. The Morgan fingerprint density at radius 1 is 1.53 bits per heavy atom. The molecule has 0 saturated carbocycles. The molecule has 2 atom stereocenters. The molecule has 100 valence electrons. The number of amides is 1. The average molecular weight is 247 g/mol. The van der Waals surface area contributed by atoms with Crippen molar-refractivity contribution in [2.75, 3.05) is 19.7 Å². The van der Waals surface area contributed by atoms with Crippen molar-refractivity contribution in [2.24, 2.45) is 5.92 Å². The zero-order chi connectivity index (χ0) is 13.1. The maximum atomic E-state index is 13.7. The highest BCUT2D eigenvalue weighted by Gasteiger charge is 2.33. The lowest BCUT2D eigenvalue weighted by Gasteiger charge is -2.35. The Bertz CT molecular complexity index is 265. The van der Waals surface area contributed by atoms with Gasteiger partial charge in [0.2, 0.25) is 0 Å². The maximum absolute atomic E-state index is 13.7. The van der Waals surface area contributed by atoms with Crippen LogP contribution in [0.4, 0.5) is 9.18 Å². The molecule has 5 heteroatoms. The monoisotopic (exact) mass is 247 g/mol. The van der Waals surface area contributed by atoms with Gasteiger partial charge in [0, 0.05) is 13.2 Å². The van der Waals surface area contributed by atoms with Crippen LogP contribution in [0.15, 0.2) is 0 Å². The topological polar surface area (TPSA) is 49.8 Å². The molecule has 0 aromatic rings. The molecular weight excluding hydrogens is 225 g/mol. The zero-order valence-electron chi connectivity index (χ0n) is 10.8. The Morgan fingerprint density at radius 2 is 2.18 bits per heavy atom. The van der Waals surface area contributed by atoms with E-state index in [1.54, 1.807) is 20.8 Å². The van der Waals surface area contributed by atoms with Crippen molar-refractivity contribution in [1.82, 2.24) is 4.90 Å². The van der Waals surface area contributed by atoms with Crippen molar-refractivity contribution >= 4 is 6.09 Å². The minimum absolute atomic E-state index is 0.00246. The molecule has 1 aliphatic heterocycles. The van der Waals surface area contributed by atoms with Gasteiger partial charge in [0.1, 0.15) is 11.8 Å². The van der Waals surface area contributed by atoms with Crippen LogP contribution in [0.3, 0.4) is 0 Å². The minimum Gasteiger partial charge on any atom is -0.444 e. The number of piperidine rings is 1. The van der Waals surface area contributed by atoms with Crippen LogP contribution in [-0.4, -0.2) is 47.6 Å². The summed E-state index contributed by atoms with van der Waals surface area (Å²) in [6, 6.07) is 0. The van der Waals surface area contributed by atoms with Gasteiger partial charge >= 0.3 is 6.09 Å². The first kappa shape index (κ1) is 14.2. The number of rotatable bonds is 2. The standard InChI is InChI=1S/C12H22FNO3/c1-12(2,3)17-11(16)14-6-4-9(5-7-15)10(13)8-14/h9-10,15H,4-8H2,1-3H3/t9-,10+/m1/s1. The number of aliphatic hydroxyl groups is 1. The van der Waals surface area contributed by atoms with E-state index in [0.717, 1.165) is 0 Å². The second-order valence-corrected chi connectivity index (χ2v) is 5.50. The van der Waals surface area contributed by atoms with Crippen molar-refractivity contribution < 1.29 is 19.0 Å². The molecule has 1 amide bonds. The van der Waals surface area contributed by atoms with E-state index in [0.29, 0.717) is 19.4 Å². The van der Waals surface area contributed by atoms with E-state index in [9.17, 15) is 9.18 Å². The van der Waals surface area contributed by atoms with Crippen LogP contribution in [0.25, 0.3) is 0 Å². The van der Waals surface area contributed by atoms with Gasteiger partial charge < -0.3 is 14.7 Å². The predicted octanol–water partition coefficient (Wildman–Crippen LogP) is 1.96. The molecule has 0 unspecified atom stereocenters. The molecule has 0 radical (unpaired) electrons. The molecule has 1 saturated heterocycles.